The highest BCUT2D eigenvalue weighted by Gasteiger charge is 2.03. The molecule has 2 heteroatoms. The largest absolute Gasteiger partial charge is 0.384 e. The number of aliphatic hydroxyl groups is 1. The molecule has 0 amide bonds. The minimum absolute atomic E-state index is 0.551. The third kappa shape index (κ3) is 3.33. The summed E-state index contributed by atoms with van der Waals surface area (Å²) in [6.07, 6.45) is 8.35. The summed E-state index contributed by atoms with van der Waals surface area (Å²) in [5.74, 6) is 0. The van der Waals surface area contributed by atoms with Crippen molar-refractivity contribution in [1.82, 2.24) is 5.32 Å². The van der Waals surface area contributed by atoms with Crippen LogP contribution in [0.2, 0.25) is 0 Å². The SMILES string of the molecule is CC1=CCC=C(/C=C/C(O)c2ccccc2)N1. The van der Waals surface area contributed by atoms with Crippen LogP contribution < -0.4 is 5.32 Å². The Hall–Kier alpha value is -1.80. The number of hydrogen-bond donors (Lipinski definition) is 2. The van der Waals surface area contributed by atoms with Gasteiger partial charge in [-0.25, -0.2) is 0 Å². The second-order valence-electron chi connectivity index (χ2n) is 4.12. The first-order valence-corrected chi connectivity index (χ1v) is 5.81. The molecule has 1 aromatic carbocycles. The normalized spacial score (nSPS) is 17.3. The van der Waals surface area contributed by atoms with Crippen LogP contribution in [0.25, 0.3) is 0 Å². The van der Waals surface area contributed by atoms with Crippen molar-refractivity contribution >= 4 is 0 Å². The summed E-state index contributed by atoms with van der Waals surface area (Å²) in [6, 6.07) is 9.64. The molecule has 1 unspecified atom stereocenters. The third-order valence-electron chi connectivity index (χ3n) is 2.70. The predicted octanol–water partition coefficient (Wildman–Crippen LogP) is 3.06. The molecule has 17 heavy (non-hydrogen) atoms. The van der Waals surface area contributed by atoms with Crippen LogP contribution in [0, 0.1) is 0 Å². The second-order valence-corrected chi connectivity index (χ2v) is 4.12. The quantitative estimate of drug-likeness (QED) is 0.831. The fourth-order valence-electron chi connectivity index (χ4n) is 1.76. The molecular weight excluding hydrogens is 210 g/mol. The number of allylic oxidation sites excluding steroid dienone is 4. The van der Waals surface area contributed by atoms with Gasteiger partial charge in [-0.3, -0.25) is 0 Å². The first kappa shape index (κ1) is 11.7. The van der Waals surface area contributed by atoms with Gasteiger partial charge in [0.2, 0.25) is 0 Å². The van der Waals surface area contributed by atoms with Gasteiger partial charge in [0.1, 0.15) is 0 Å². The zero-order chi connectivity index (χ0) is 12.1. The van der Waals surface area contributed by atoms with Crippen molar-refractivity contribution in [3.8, 4) is 0 Å². The number of aliphatic hydroxyl groups excluding tert-OH is 1. The van der Waals surface area contributed by atoms with Crippen molar-refractivity contribution in [2.24, 2.45) is 0 Å². The van der Waals surface area contributed by atoms with Gasteiger partial charge in [-0.2, -0.15) is 0 Å². The molecule has 0 aromatic heterocycles. The van der Waals surface area contributed by atoms with Crippen molar-refractivity contribution in [2.75, 3.05) is 0 Å². The summed E-state index contributed by atoms with van der Waals surface area (Å²) in [5.41, 5.74) is 3.11. The van der Waals surface area contributed by atoms with E-state index in [2.05, 4.69) is 17.5 Å². The highest BCUT2D eigenvalue weighted by molar-refractivity contribution is 5.29. The monoisotopic (exact) mass is 227 g/mol. The molecule has 1 aromatic rings. The number of hydrogen-bond acceptors (Lipinski definition) is 2. The van der Waals surface area contributed by atoms with E-state index in [1.807, 2.05) is 43.3 Å². The second kappa shape index (κ2) is 5.51. The number of benzene rings is 1. The van der Waals surface area contributed by atoms with E-state index in [4.69, 9.17) is 0 Å². The smallest absolute Gasteiger partial charge is 0.0975 e. The molecule has 0 radical (unpaired) electrons. The van der Waals surface area contributed by atoms with Crippen LogP contribution >= 0.6 is 0 Å². The van der Waals surface area contributed by atoms with Crippen LogP contribution in [0.4, 0.5) is 0 Å². The van der Waals surface area contributed by atoms with Crippen molar-refractivity contribution in [2.45, 2.75) is 19.4 Å². The molecule has 1 heterocycles. The van der Waals surface area contributed by atoms with Crippen LogP contribution in [0.15, 0.2) is 66.0 Å². The van der Waals surface area contributed by atoms with Gasteiger partial charge in [0, 0.05) is 11.4 Å². The maximum absolute atomic E-state index is 9.96. The van der Waals surface area contributed by atoms with Crippen LogP contribution in [0.5, 0.6) is 0 Å². The summed E-state index contributed by atoms with van der Waals surface area (Å²) < 4.78 is 0. The zero-order valence-corrected chi connectivity index (χ0v) is 9.93. The van der Waals surface area contributed by atoms with E-state index in [0.29, 0.717) is 0 Å². The number of dihydropyridines is 1. The molecule has 0 spiro atoms. The first-order chi connectivity index (χ1) is 8.25. The van der Waals surface area contributed by atoms with Gasteiger partial charge in [0.15, 0.2) is 0 Å². The molecule has 0 aliphatic carbocycles. The van der Waals surface area contributed by atoms with Gasteiger partial charge in [0.05, 0.1) is 6.10 Å². The summed E-state index contributed by atoms with van der Waals surface area (Å²) in [6.45, 7) is 2.04. The Bertz CT molecular complexity index is 457. The molecule has 0 fully saturated rings. The predicted molar refractivity (Wildman–Crippen MR) is 70.1 cm³/mol. The standard InChI is InChI=1S/C15H17NO/c1-12-6-5-9-14(16-12)10-11-15(17)13-7-3-2-4-8-13/h2-4,6-11,15-17H,5H2,1H3/b11-10+. The summed E-state index contributed by atoms with van der Waals surface area (Å²) in [4.78, 5) is 0. The lowest BCUT2D eigenvalue weighted by Crippen LogP contribution is -2.11. The molecule has 0 saturated heterocycles. The Balaban J connectivity index is 1.99. The molecule has 88 valence electrons. The lowest BCUT2D eigenvalue weighted by atomic mass is 10.1. The lowest BCUT2D eigenvalue weighted by molar-refractivity contribution is 0.228. The van der Waals surface area contributed by atoms with Gasteiger partial charge in [-0.05, 0) is 31.1 Å². The van der Waals surface area contributed by atoms with E-state index in [9.17, 15) is 5.11 Å². The van der Waals surface area contributed by atoms with E-state index >= 15 is 0 Å². The zero-order valence-electron chi connectivity index (χ0n) is 9.93. The van der Waals surface area contributed by atoms with Gasteiger partial charge in [0.25, 0.3) is 0 Å². The Morgan fingerprint density at radius 1 is 1.24 bits per heavy atom. The Morgan fingerprint density at radius 2 is 2.00 bits per heavy atom. The maximum atomic E-state index is 9.96. The van der Waals surface area contributed by atoms with E-state index < -0.39 is 6.10 Å². The van der Waals surface area contributed by atoms with Gasteiger partial charge in [-0.15, -0.1) is 0 Å². The molecule has 2 N–H and O–H groups in total. The average Bonchev–Trinajstić information content (AvgIpc) is 2.37. The van der Waals surface area contributed by atoms with Gasteiger partial charge < -0.3 is 10.4 Å². The summed E-state index contributed by atoms with van der Waals surface area (Å²) in [5, 5.41) is 13.2. The minimum Gasteiger partial charge on any atom is -0.384 e. The molecular formula is C15H17NO. The van der Waals surface area contributed by atoms with Crippen LogP contribution in [-0.4, -0.2) is 5.11 Å². The highest BCUT2D eigenvalue weighted by atomic mass is 16.3. The van der Waals surface area contributed by atoms with Crippen molar-refractivity contribution in [1.29, 1.82) is 0 Å². The molecule has 1 aliphatic rings. The van der Waals surface area contributed by atoms with E-state index in [1.165, 1.54) is 0 Å². The van der Waals surface area contributed by atoms with E-state index in [-0.39, 0.29) is 0 Å². The van der Waals surface area contributed by atoms with Gasteiger partial charge >= 0.3 is 0 Å². The first-order valence-electron chi connectivity index (χ1n) is 5.81. The van der Waals surface area contributed by atoms with E-state index in [1.54, 1.807) is 6.08 Å². The molecule has 0 saturated carbocycles. The minimum atomic E-state index is -0.551. The molecule has 2 nitrogen and oxygen atoms in total. The van der Waals surface area contributed by atoms with Crippen LogP contribution in [0.1, 0.15) is 25.0 Å². The van der Waals surface area contributed by atoms with Crippen molar-refractivity contribution in [3.05, 3.63) is 71.6 Å². The van der Waals surface area contributed by atoms with Crippen molar-refractivity contribution < 1.29 is 5.11 Å². The Morgan fingerprint density at radius 3 is 2.71 bits per heavy atom. The topological polar surface area (TPSA) is 32.3 Å². The fraction of sp³-hybridized carbons (Fsp3) is 0.200. The van der Waals surface area contributed by atoms with Gasteiger partial charge in [-0.1, -0.05) is 42.5 Å². The van der Waals surface area contributed by atoms with Crippen LogP contribution in [0.3, 0.4) is 0 Å². The lowest BCUT2D eigenvalue weighted by Gasteiger charge is -2.12. The average molecular weight is 227 g/mol. The number of nitrogens with one attached hydrogen (secondary N) is 1. The number of rotatable bonds is 3. The fourth-order valence-corrected chi connectivity index (χ4v) is 1.76. The van der Waals surface area contributed by atoms with Crippen molar-refractivity contribution in [3.63, 3.8) is 0 Å². The van der Waals surface area contributed by atoms with Crippen LogP contribution in [-0.2, 0) is 0 Å². The molecule has 0 bridgehead atoms. The molecule has 2 rings (SSSR count). The van der Waals surface area contributed by atoms with E-state index in [0.717, 1.165) is 23.4 Å². The third-order valence-corrected chi connectivity index (χ3v) is 2.70. The summed E-state index contributed by atoms with van der Waals surface area (Å²) >= 11 is 0. The molecule has 1 atom stereocenters. The Labute approximate surface area is 102 Å². The maximum Gasteiger partial charge on any atom is 0.0975 e. The Kier molecular flexibility index (Phi) is 3.78. The molecule has 1 aliphatic heterocycles. The summed E-state index contributed by atoms with van der Waals surface area (Å²) in [7, 11) is 0. The highest BCUT2D eigenvalue weighted by Crippen LogP contribution is 2.15.